The van der Waals surface area contributed by atoms with Crippen LogP contribution in [0.4, 0.5) is 0 Å². The normalized spacial score (nSPS) is 20.7. The molecule has 18 heavy (non-hydrogen) atoms. The number of carboxylic acid groups (broad SMARTS) is 1. The molecule has 1 rings (SSSR count). The molecule has 1 aliphatic rings. The molecule has 2 N–H and O–H groups in total. The topological polar surface area (TPSA) is 58.6 Å². The molecule has 0 heterocycles. The second-order valence-corrected chi connectivity index (χ2v) is 5.83. The van der Waals surface area contributed by atoms with Gasteiger partial charge in [0, 0.05) is 0 Å². The lowest BCUT2D eigenvalue weighted by Crippen LogP contribution is -2.57. The fourth-order valence-corrected chi connectivity index (χ4v) is 2.52. The van der Waals surface area contributed by atoms with Gasteiger partial charge in [0.2, 0.25) is 0 Å². The Kier molecular flexibility index (Phi) is 5.60. The zero-order chi connectivity index (χ0) is 13.8. The van der Waals surface area contributed by atoms with Gasteiger partial charge in [0.25, 0.3) is 0 Å². The van der Waals surface area contributed by atoms with Gasteiger partial charge in [0.15, 0.2) is 0 Å². The predicted molar refractivity (Wildman–Crippen MR) is 71.6 cm³/mol. The average molecular weight is 257 g/mol. The van der Waals surface area contributed by atoms with E-state index in [0.717, 1.165) is 19.3 Å². The Hall–Kier alpha value is -0.610. The molecule has 1 fully saturated rings. The third kappa shape index (κ3) is 3.95. The molecule has 0 aliphatic heterocycles. The van der Waals surface area contributed by atoms with Gasteiger partial charge in [0.1, 0.15) is 5.54 Å². The number of carbonyl (C=O) groups is 1. The molecular formula is C14H27NO3. The quantitative estimate of drug-likeness (QED) is 0.665. The van der Waals surface area contributed by atoms with E-state index in [4.69, 9.17) is 4.74 Å². The molecule has 4 nitrogen and oxygen atoms in total. The van der Waals surface area contributed by atoms with Crippen molar-refractivity contribution in [1.29, 1.82) is 0 Å². The number of hydrogen-bond acceptors (Lipinski definition) is 3. The predicted octanol–water partition coefficient (Wildman–Crippen LogP) is 2.28. The second-order valence-electron chi connectivity index (χ2n) is 5.83. The summed E-state index contributed by atoms with van der Waals surface area (Å²) >= 11 is 0. The number of rotatable bonds is 9. The molecule has 1 aliphatic carbocycles. The van der Waals surface area contributed by atoms with Crippen molar-refractivity contribution in [2.45, 2.75) is 58.6 Å². The number of ether oxygens (including phenoxy) is 1. The molecular weight excluding hydrogens is 230 g/mol. The van der Waals surface area contributed by atoms with E-state index >= 15 is 0 Å². The maximum Gasteiger partial charge on any atom is 0.326 e. The first-order chi connectivity index (χ1) is 8.42. The molecule has 0 radical (unpaired) electrons. The molecule has 0 spiro atoms. The first-order valence-electron chi connectivity index (χ1n) is 7.02. The zero-order valence-corrected chi connectivity index (χ0v) is 12.0. The number of carboxylic acids is 1. The van der Waals surface area contributed by atoms with Crippen molar-refractivity contribution in [3.05, 3.63) is 0 Å². The highest BCUT2D eigenvalue weighted by atomic mass is 16.5. The van der Waals surface area contributed by atoms with Crippen molar-refractivity contribution < 1.29 is 14.6 Å². The Morgan fingerprint density at radius 3 is 2.44 bits per heavy atom. The summed E-state index contributed by atoms with van der Waals surface area (Å²) in [7, 11) is 0. The number of nitrogens with one attached hydrogen (secondary N) is 1. The van der Waals surface area contributed by atoms with E-state index in [9.17, 15) is 9.90 Å². The highest BCUT2D eigenvalue weighted by molar-refractivity contribution is 5.80. The zero-order valence-electron chi connectivity index (χ0n) is 12.0. The summed E-state index contributed by atoms with van der Waals surface area (Å²) in [5.74, 6) is 0.0177. The molecule has 0 aromatic rings. The van der Waals surface area contributed by atoms with Crippen molar-refractivity contribution in [1.82, 2.24) is 5.32 Å². The fourth-order valence-electron chi connectivity index (χ4n) is 2.52. The van der Waals surface area contributed by atoms with Gasteiger partial charge in [-0.15, -0.1) is 0 Å². The van der Waals surface area contributed by atoms with Gasteiger partial charge in [-0.3, -0.25) is 10.1 Å². The standard InChI is InChI=1S/C14H27NO3/c1-5-15-14(13(16)17,12-6-7-12)9-18-11(4)8-10(2)3/h10-12,15H,5-9H2,1-4H3,(H,16,17). The van der Waals surface area contributed by atoms with Crippen LogP contribution in [-0.4, -0.2) is 35.9 Å². The van der Waals surface area contributed by atoms with E-state index in [1.165, 1.54) is 0 Å². The highest BCUT2D eigenvalue weighted by Gasteiger charge is 2.51. The molecule has 2 unspecified atom stereocenters. The van der Waals surface area contributed by atoms with Crippen LogP contribution >= 0.6 is 0 Å². The molecule has 0 amide bonds. The lowest BCUT2D eigenvalue weighted by atomic mass is 9.94. The van der Waals surface area contributed by atoms with Crippen LogP contribution in [0.25, 0.3) is 0 Å². The lowest BCUT2D eigenvalue weighted by molar-refractivity contribution is -0.150. The second kappa shape index (κ2) is 6.53. The van der Waals surface area contributed by atoms with Crippen molar-refractivity contribution >= 4 is 5.97 Å². The molecule has 0 saturated heterocycles. The van der Waals surface area contributed by atoms with Gasteiger partial charge >= 0.3 is 5.97 Å². The number of aliphatic carboxylic acids is 1. The molecule has 0 bridgehead atoms. The SMILES string of the molecule is CCNC(COC(C)CC(C)C)(C(=O)O)C1CC1. The van der Waals surface area contributed by atoms with Gasteiger partial charge in [-0.25, -0.2) is 0 Å². The van der Waals surface area contributed by atoms with Crippen LogP contribution in [0, 0.1) is 11.8 Å². The van der Waals surface area contributed by atoms with E-state index in [1.807, 2.05) is 13.8 Å². The summed E-state index contributed by atoms with van der Waals surface area (Å²) in [5, 5.41) is 12.7. The monoisotopic (exact) mass is 257 g/mol. The van der Waals surface area contributed by atoms with E-state index < -0.39 is 11.5 Å². The number of hydrogen-bond donors (Lipinski definition) is 2. The Morgan fingerprint density at radius 2 is 2.06 bits per heavy atom. The van der Waals surface area contributed by atoms with E-state index in [1.54, 1.807) is 0 Å². The van der Waals surface area contributed by atoms with Crippen LogP contribution in [0.5, 0.6) is 0 Å². The van der Waals surface area contributed by atoms with E-state index in [-0.39, 0.29) is 18.6 Å². The molecule has 106 valence electrons. The number of likely N-dealkylation sites (N-methyl/N-ethyl adjacent to an activating group) is 1. The van der Waals surface area contributed by atoms with Gasteiger partial charge in [-0.1, -0.05) is 20.8 Å². The Bertz CT molecular complexity index is 276. The molecule has 2 atom stereocenters. The fraction of sp³-hybridized carbons (Fsp3) is 0.929. The lowest BCUT2D eigenvalue weighted by Gasteiger charge is -2.31. The first-order valence-corrected chi connectivity index (χ1v) is 7.02. The maximum atomic E-state index is 11.6. The maximum absolute atomic E-state index is 11.6. The van der Waals surface area contributed by atoms with Gasteiger partial charge in [-0.2, -0.15) is 0 Å². The molecule has 4 heteroatoms. The Labute approximate surface area is 110 Å². The summed E-state index contributed by atoms with van der Waals surface area (Å²) in [6.45, 7) is 9.19. The van der Waals surface area contributed by atoms with Crippen molar-refractivity contribution in [3.8, 4) is 0 Å². The smallest absolute Gasteiger partial charge is 0.326 e. The molecule has 0 aromatic heterocycles. The largest absolute Gasteiger partial charge is 0.480 e. The minimum absolute atomic E-state index is 0.112. The van der Waals surface area contributed by atoms with Crippen LogP contribution in [-0.2, 0) is 9.53 Å². The summed E-state index contributed by atoms with van der Waals surface area (Å²) in [5.41, 5.74) is -0.875. The van der Waals surface area contributed by atoms with Crippen molar-refractivity contribution in [3.63, 3.8) is 0 Å². The van der Waals surface area contributed by atoms with Crippen LogP contribution < -0.4 is 5.32 Å². The van der Waals surface area contributed by atoms with Gasteiger partial charge in [0.05, 0.1) is 12.7 Å². The third-order valence-electron chi connectivity index (χ3n) is 3.55. The molecule has 0 aromatic carbocycles. The summed E-state index contributed by atoms with van der Waals surface area (Å²) < 4.78 is 5.79. The van der Waals surface area contributed by atoms with Crippen LogP contribution in [0.15, 0.2) is 0 Å². The highest BCUT2D eigenvalue weighted by Crippen LogP contribution is 2.40. The van der Waals surface area contributed by atoms with E-state index in [2.05, 4.69) is 19.2 Å². The average Bonchev–Trinajstić information content (AvgIpc) is 3.06. The minimum Gasteiger partial charge on any atom is -0.480 e. The summed E-state index contributed by atoms with van der Waals surface area (Å²) in [6, 6.07) is 0. The minimum atomic E-state index is -0.875. The van der Waals surface area contributed by atoms with Crippen LogP contribution in [0.2, 0.25) is 0 Å². The Morgan fingerprint density at radius 1 is 1.44 bits per heavy atom. The van der Waals surface area contributed by atoms with Gasteiger partial charge in [-0.05, 0) is 44.6 Å². The molecule has 1 saturated carbocycles. The summed E-state index contributed by atoms with van der Waals surface area (Å²) in [6.07, 6.45) is 3.05. The van der Waals surface area contributed by atoms with Crippen molar-refractivity contribution in [2.75, 3.05) is 13.2 Å². The van der Waals surface area contributed by atoms with Crippen LogP contribution in [0.3, 0.4) is 0 Å². The third-order valence-corrected chi connectivity index (χ3v) is 3.55. The summed E-state index contributed by atoms with van der Waals surface area (Å²) in [4.78, 5) is 11.6. The van der Waals surface area contributed by atoms with Crippen LogP contribution in [0.1, 0.15) is 47.0 Å². The first kappa shape index (κ1) is 15.4. The Balaban J connectivity index is 2.58. The van der Waals surface area contributed by atoms with Gasteiger partial charge < -0.3 is 9.84 Å². The van der Waals surface area contributed by atoms with Crippen molar-refractivity contribution in [2.24, 2.45) is 11.8 Å². The van der Waals surface area contributed by atoms with E-state index in [0.29, 0.717) is 12.5 Å².